The molecule has 2 aromatic carbocycles. The summed E-state index contributed by atoms with van der Waals surface area (Å²) >= 11 is 0. The molecule has 0 heterocycles. The van der Waals surface area contributed by atoms with Gasteiger partial charge in [0.25, 0.3) is 5.91 Å². The molecule has 25 heavy (non-hydrogen) atoms. The van der Waals surface area contributed by atoms with E-state index >= 15 is 0 Å². The van der Waals surface area contributed by atoms with Crippen molar-refractivity contribution < 1.29 is 9.53 Å². The van der Waals surface area contributed by atoms with Crippen LogP contribution in [0.25, 0.3) is 0 Å². The number of benzene rings is 2. The predicted octanol–water partition coefficient (Wildman–Crippen LogP) is 5.32. The molecule has 2 aromatic rings. The summed E-state index contributed by atoms with van der Waals surface area (Å²) in [6, 6.07) is 12.3. The van der Waals surface area contributed by atoms with E-state index in [9.17, 15) is 4.79 Å². The average molecular weight is 339 g/mol. The molecule has 2 rings (SSSR count). The highest BCUT2D eigenvalue weighted by molar-refractivity contribution is 5.96. The molecule has 1 atom stereocenters. The van der Waals surface area contributed by atoms with E-state index in [4.69, 9.17) is 4.74 Å². The smallest absolute Gasteiger partial charge is 0.252 e. The van der Waals surface area contributed by atoms with E-state index < -0.39 is 0 Å². The molecule has 0 radical (unpaired) electrons. The van der Waals surface area contributed by atoms with Gasteiger partial charge in [-0.15, -0.1) is 0 Å². The lowest BCUT2D eigenvalue weighted by Crippen LogP contribution is -2.29. The van der Waals surface area contributed by atoms with E-state index in [0.29, 0.717) is 5.92 Å². The van der Waals surface area contributed by atoms with Gasteiger partial charge in [0, 0.05) is 5.56 Å². The van der Waals surface area contributed by atoms with Crippen LogP contribution in [0.4, 0.5) is 0 Å². The summed E-state index contributed by atoms with van der Waals surface area (Å²) in [5.74, 6) is 1.10. The van der Waals surface area contributed by atoms with Gasteiger partial charge >= 0.3 is 0 Å². The fourth-order valence-corrected chi connectivity index (χ4v) is 3.03. The molecule has 0 saturated carbocycles. The van der Waals surface area contributed by atoms with Crippen molar-refractivity contribution in [1.82, 2.24) is 5.32 Å². The van der Waals surface area contributed by atoms with Crippen LogP contribution in [-0.2, 0) is 0 Å². The molecule has 0 aliphatic rings. The molecule has 0 bridgehead atoms. The number of rotatable bonds is 6. The van der Waals surface area contributed by atoms with Crippen LogP contribution in [0.1, 0.15) is 71.8 Å². The van der Waals surface area contributed by atoms with E-state index in [-0.39, 0.29) is 11.9 Å². The molecule has 134 valence electrons. The standard InChI is InChI=1S/C22H29NO2/c1-7-20(17-10-8-15(4)9-11-17)23-22(24)19-13-18(14(2)3)21(25-6)12-16(19)5/h8-14,20H,7H2,1-6H3,(H,23,24)/t20-/m0/s1. The molecule has 0 aromatic heterocycles. The number of amides is 1. The average Bonchev–Trinajstić information content (AvgIpc) is 2.59. The lowest BCUT2D eigenvalue weighted by atomic mass is 9.95. The van der Waals surface area contributed by atoms with Gasteiger partial charge in [0.15, 0.2) is 0 Å². The zero-order valence-corrected chi connectivity index (χ0v) is 16.1. The summed E-state index contributed by atoms with van der Waals surface area (Å²) in [5, 5.41) is 3.18. The number of carbonyl (C=O) groups excluding carboxylic acids is 1. The third-order valence-electron chi connectivity index (χ3n) is 4.64. The summed E-state index contributed by atoms with van der Waals surface area (Å²) in [7, 11) is 1.67. The molecule has 0 fully saturated rings. The first-order chi connectivity index (χ1) is 11.9. The number of hydrogen-bond donors (Lipinski definition) is 1. The van der Waals surface area contributed by atoms with Crippen molar-refractivity contribution in [3.05, 3.63) is 64.2 Å². The van der Waals surface area contributed by atoms with Crippen molar-refractivity contribution in [3.63, 3.8) is 0 Å². The van der Waals surface area contributed by atoms with Crippen LogP contribution in [-0.4, -0.2) is 13.0 Å². The van der Waals surface area contributed by atoms with E-state index in [2.05, 4.69) is 57.3 Å². The third kappa shape index (κ3) is 4.41. The van der Waals surface area contributed by atoms with Crippen molar-refractivity contribution in [1.29, 1.82) is 0 Å². The highest BCUT2D eigenvalue weighted by Crippen LogP contribution is 2.30. The molecule has 0 aliphatic heterocycles. The summed E-state index contributed by atoms with van der Waals surface area (Å²) in [6.07, 6.45) is 0.848. The normalized spacial score (nSPS) is 12.1. The largest absolute Gasteiger partial charge is 0.496 e. The number of nitrogens with one attached hydrogen (secondary N) is 1. The zero-order chi connectivity index (χ0) is 18.6. The Morgan fingerprint density at radius 3 is 2.28 bits per heavy atom. The molecule has 3 heteroatoms. The zero-order valence-electron chi connectivity index (χ0n) is 16.1. The van der Waals surface area contributed by atoms with Gasteiger partial charge in [-0.3, -0.25) is 4.79 Å². The Kier molecular flexibility index (Phi) is 6.24. The van der Waals surface area contributed by atoms with Gasteiger partial charge < -0.3 is 10.1 Å². The molecular formula is C22H29NO2. The van der Waals surface area contributed by atoms with Crippen molar-refractivity contribution in [2.45, 2.75) is 53.0 Å². The maximum Gasteiger partial charge on any atom is 0.252 e. The van der Waals surface area contributed by atoms with E-state index in [1.807, 2.05) is 19.1 Å². The lowest BCUT2D eigenvalue weighted by Gasteiger charge is -2.20. The topological polar surface area (TPSA) is 38.3 Å². The quantitative estimate of drug-likeness (QED) is 0.774. The Balaban J connectivity index is 2.30. The molecule has 0 unspecified atom stereocenters. The predicted molar refractivity (Wildman–Crippen MR) is 103 cm³/mol. The van der Waals surface area contributed by atoms with Crippen LogP contribution in [0.3, 0.4) is 0 Å². The SMILES string of the molecule is CC[C@H](NC(=O)c1cc(C(C)C)c(OC)cc1C)c1ccc(C)cc1. The van der Waals surface area contributed by atoms with Crippen molar-refractivity contribution in [3.8, 4) is 5.75 Å². The molecule has 3 nitrogen and oxygen atoms in total. The Morgan fingerprint density at radius 2 is 1.76 bits per heavy atom. The highest BCUT2D eigenvalue weighted by Gasteiger charge is 2.19. The second kappa shape index (κ2) is 8.19. The molecule has 1 N–H and O–H groups in total. The van der Waals surface area contributed by atoms with Crippen LogP contribution in [0.5, 0.6) is 5.75 Å². The number of ether oxygens (including phenoxy) is 1. The lowest BCUT2D eigenvalue weighted by molar-refractivity contribution is 0.0935. The minimum Gasteiger partial charge on any atom is -0.496 e. The van der Waals surface area contributed by atoms with Crippen LogP contribution in [0.15, 0.2) is 36.4 Å². The van der Waals surface area contributed by atoms with Gasteiger partial charge in [0.2, 0.25) is 0 Å². The number of carbonyl (C=O) groups is 1. The first-order valence-corrected chi connectivity index (χ1v) is 8.93. The first-order valence-electron chi connectivity index (χ1n) is 8.93. The molecule has 0 aliphatic carbocycles. The second-order valence-electron chi connectivity index (χ2n) is 6.91. The monoisotopic (exact) mass is 339 g/mol. The van der Waals surface area contributed by atoms with Gasteiger partial charge in [-0.2, -0.15) is 0 Å². The summed E-state index contributed by atoms with van der Waals surface area (Å²) in [5.41, 5.74) is 5.06. The summed E-state index contributed by atoms with van der Waals surface area (Å²) < 4.78 is 5.47. The van der Waals surface area contributed by atoms with Gasteiger partial charge in [-0.05, 0) is 55.0 Å². The number of methoxy groups -OCH3 is 1. The van der Waals surface area contributed by atoms with Crippen molar-refractivity contribution in [2.24, 2.45) is 0 Å². The van der Waals surface area contributed by atoms with Gasteiger partial charge in [-0.1, -0.05) is 50.6 Å². The number of aryl methyl sites for hydroxylation is 2. The van der Waals surface area contributed by atoms with Gasteiger partial charge in [0.1, 0.15) is 5.75 Å². The Morgan fingerprint density at radius 1 is 1.12 bits per heavy atom. The molecule has 1 amide bonds. The maximum absolute atomic E-state index is 12.9. The van der Waals surface area contributed by atoms with Crippen molar-refractivity contribution in [2.75, 3.05) is 7.11 Å². The molecular weight excluding hydrogens is 310 g/mol. The van der Waals surface area contributed by atoms with Crippen molar-refractivity contribution >= 4 is 5.91 Å². The third-order valence-corrected chi connectivity index (χ3v) is 4.64. The first kappa shape index (κ1) is 19.0. The van der Waals surface area contributed by atoms with Gasteiger partial charge in [0.05, 0.1) is 13.2 Å². The fraction of sp³-hybridized carbons (Fsp3) is 0.409. The van der Waals surface area contributed by atoms with E-state index in [0.717, 1.165) is 34.4 Å². The second-order valence-corrected chi connectivity index (χ2v) is 6.91. The molecule has 0 saturated heterocycles. The minimum absolute atomic E-state index is 0.0112. The van der Waals surface area contributed by atoms with E-state index in [1.54, 1.807) is 7.11 Å². The van der Waals surface area contributed by atoms with Crippen LogP contribution >= 0.6 is 0 Å². The summed E-state index contributed by atoms with van der Waals surface area (Å²) in [6.45, 7) is 10.3. The Hall–Kier alpha value is -2.29. The number of hydrogen-bond acceptors (Lipinski definition) is 2. The van der Waals surface area contributed by atoms with Crippen LogP contribution in [0.2, 0.25) is 0 Å². The Labute approximate surface area is 151 Å². The van der Waals surface area contributed by atoms with Gasteiger partial charge in [-0.25, -0.2) is 0 Å². The minimum atomic E-state index is -0.0329. The van der Waals surface area contributed by atoms with E-state index in [1.165, 1.54) is 5.56 Å². The fourth-order valence-electron chi connectivity index (χ4n) is 3.03. The highest BCUT2D eigenvalue weighted by atomic mass is 16.5. The summed E-state index contributed by atoms with van der Waals surface area (Å²) in [4.78, 5) is 12.9. The van der Waals surface area contributed by atoms with Crippen LogP contribution in [0, 0.1) is 13.8 Å². The molecule has 0 spiro atoms. The maximum atomic E-state index is 12.9. The van der Waals surface area contributed by atoms with Crippen LogP contribution < -0.4 is 10.1 Å². The Bertz CT molecular complexity index is 732.